The second-order valence-electron chi connectivity index (χ2n) is 5.03. The molecule has 0 aliphatic heterocycles. The van der Waals surface area contributed by atoms with E-state index in [1.807, 2.05) is 0 Å². The number of hydrogen-bond acceptors (Lipinski definition) is 4. The van der Waals surface area contributed by atoms with Gasteiger partial charge in [0.25, 0.3) is 5.91 Å². The molecule has 2 rings (SSSR count). The molecule has 0 bridgehead atoms. The van der Waals surface area contributed by atoms with E-state index in [1.54, 1.807) is 5.38 Å². The van der Waals surface area contributed by atoms with Crippen molar-refractivity contribution in [2.75, 3.05) is 6.54 Å². The Bertz CT molecular complexity index is 396. The maximum atomic E-state index is 11.9. The standard InChI is InChI=1S/C12H19N3OS/c1-12(4-2-3-5-12)8-14-11(16)9-7-17-10(6-13)15-9/h7H,2-6,8,13H2,1H3,(H,14,16). The Hall–Kier alpha value is -0.940. The Labute approximate surface area is 106 Å². The van der Waals surface area contributed by atoms with Crippen molar-refractivity contribution < 1.29 is 4.79 Å². The highest BCUT2D eigenvalue weighted by Crippen LogP contribution is 2.36. The van der Waals surface area contributed by atoms with E-state index in [-0.39, 0.29) is 11.3 Å². The first-order valence-corrected chi connectivity index (χ1v) is 6.94. The van der Waals surface area contributed by atoms with Crippen LogP contribution < -0.4 is 11.1 Å². The molecule has 1 aromatic rings. The average Bonchev–Trinajstić information content (AvgIpc) is 2.95. The fraction of sp³-hybridized carbons (Fsp3) is 0.667. The maximum absolute atomic E-state index is 11.9. The molecule has 1 amide bonds. The highest BCUT2D eigenvalue weighted by Gasteiger charge is 2.29. The molecule has 5 heteroatoms. The van der Waals surface area contributed by atoms with Crippen LogP contribution >= 0.6 is 11.3 Å². The average molecular weight is 253 g/mol. The second kappa shape index (κ2) is 5.14. The second-order valence-corrected chi connectivity index (χ2v) is 5.97. The molecule has 1 fully saturated rings. The first kappa shape index (κ1) is 12.5. The topological polar surface area (TPSA) is 68.0 Å². The van der Waals surface area contributed by atoms with E-state index in [1.165, 1.54) is 37.0 Å². The summed E-state index contributed by atoms with van der Waals surface area (Å²) in [6, 6.07) is 0. The number of carbonyl (C=O) groups excluding carboxylic acids is 1. The fourth-order valence-electron chi connectivity index (χ4n) is 2.30. The van der Waals surface area contributed by atoms with Crippen LogP contribution in [-0.4, -0.2) is 17.4 Å². The van der Waals surface area contributed by atoms with Crippen molar-refractivity contribution >= 4 is 17.2 Å². The van der Waals surface area contributed by atoms with Gasteiger partial charge >= 0.3 is 0 Å². The lowest BCUT2D eigenvalue weighted by molar-refractivity contribution is 0.0930. The highest BCUT2D eigenvalue weighted by atomic mass is 32.1. The van der Waals surface area contributed by atoms with Crippen molar-refractivity contribution in [2.45, 2.75) is 39.2 Å². The summed E-state index contributed by atoms with van der Waals surface area (Å²) in [5.41, 5.74) is 6.25. The zero-order valence-corrected chi connectivity index (χ0v) is 11.0. The monoisotopic (exact) mass is 253 g/mol. The molecular weight excluding hydrogens is 234 g/mol. The van der Waals surface area contributed by atoms with Crippen molar-refractivity contribution in [3.05, 3.63) is 16.1 Å². The molecule has 0 spiro atoms. The van der Waals surface area contributed by atoms with Crippen LogP contribution in [0.2, 0.25) is 0 Å². The number of carbonyl (C=O) groups is 1. The minimum Gasteiger partial charge on any atom is -0.350 e. The molecule has 0 saturated heterocycles. The summed E-state index contributed by atoms with van der Waals surface area (Å²) in [5.74, 6) is -0.0749. The predicted octanol–water partition coefficient (Wildman–Crippen LogP) is 1.91. The number of thiazole rings is 1. The molecule has 1 aliphatic rings. The number of nitrogens with one attached hydrogen (secondary N) is 1. The first-order chi connectivity index (χ1) is 8.13. The van der Waals surface area contributed by atoms with Crippen LogP contribution in [-0.2, 0) is 6.54 Å². The van der Waals surface area contributed by atoms with Crippen LogP contribution in [0, 0.1) is 5.41 Å². The Morgan fingerprint density at radius 1 is 1.59 bits per heavy atom. The summed E-state index contributed by atoms with van der Waals surface area (Å²) in [4.78, 5) is 16.0. The zero-order valence-electron chi connectivity index (χ0n) is 10.2. The number of hydrogen-bond donors (Lipinski definition) is 2. The van der Waals surface area contributed by atoms with E-state index >= 15 is 0 Å². The number of rotatable bonds is 4. The number of amides is 1. The molecule has 0 atom stereocenters. The van der Waals surface area contributed by atoms with Crippen molar-refractivity contribution in [1.29, 1.82) is 0 Å². The highest BCUT2D eigenvalue weighted by molar-refractivity contribution is 7.09. The summed E-state index contributed by atoms with van der Waals surface area (Å²) < 4.78 is 0. The van der Waals surface area contributed by atoms with Crippen LogP contribution in [0.25, 0.3) is 0 Å². The largest absolute Gasteiger partial charge is 0.350 e. The lowest BCUT2D eigenvalue weighted by Gasteiger charge is -2.23. The van der Waals surface area contributed by atoms with Gasteiger partial charge in [-0.25, -0.2) is 4.98 Å². The van der Waals surface area contributed by atoms with Crippen LogP contribution in [0.1, 0.15) is 48.1 Å². The minimum absolute atomic E-state index is 0.0749. The van der Waals surface area contributed by atoms with Gasteiger partial charge in [0.2, 0.25) is 0 Å². The van der Waals surface area contributed by atoms with Gasteiger partial charge in [0.1, 0.15) is 10.7 Å². The number of aromatic nitrogens is 1. The predicted molar refractivity (Wildman–Crippen MR) is 68.9 cm³/mol. The van der Waals surface area contributed by atoms with Gasteiger partial charge in [0.15, 0.2) is 0 Å². The Kier molecular flexibility index (Phi) is 3.79. The third-order valence-corrected chi connectivity index (χ3v) is 4.32. The zero-order chi connectivity index (χ0) is 12.3. The van der Waals surface area contributed by atoms with Gasteiger partial charge in [-0.2, -0.15) is 0 Å². The van der Waals surface area contributed by atoms with Crippen molar-refractivity contribution in [2.24, 2.45) is 11.1 Å². The molecule has 94 valence electrons. The van der Waals surface area contributed by atoms with Gasteiger partial charge in [-0.15, -0.1) is 11.3 Å². The van der Waals surface area contributed by atoms with Gasteiger partial charge in [-0.1, -0.05) is 19.8 Å². The minimum atomic E-state index is -0.0749. The Balaban J connectivity index is 1.88. The first-order valence-electron chi connectivity index (χ1n) is 6.06. The van der Waals surface area contributed by atoms with E-state index in [9.17, 15) is 4.79 Å². The lowest BCUT2D eigenvalue weighted by atomic mass is 9.89. The molecule has 0 aromatic carbocycles. The van der Waals surface area contributed by atoms with Crippen LogP contribution in [0.5, 0.6) is 0 Å². The van der Waals surface area contributed by atoms with Crippen molar-refractivity contribution in [1.82, 2.24) is 10.3 Å². The molecule has 1 heterocycles. The van der Waals surface area contributed by atoms with E-state index in [4.69, 9.17) is 5.73 Å². The molecule has 3 N–H and O–H groups in total. The van der Waals surface area contributed by atoms with Gasteiger partial charge in [-0.3, -0.25) is 4.79 Å². The Morgan fingerprint density at radius 3 is 2.88 bits per heavy atom. The smallest absolute Gasteiger partial charge is 0.270 e. The van der Waals surface area contributed by atoms with Gasteiger partial charge in [0.05, 0.1) is 0 Å². The van der Waals surface area contributed by atoms with Gasteiger partial charge in [-0.05, 0) is 18.3 Å². The van der Waals surface area contributed by atoms with Crippen molar-refractivity contribution in [3.8, 4) is 0 Å². The van der Waals surface area contributed by atoms with E-state index in [2.05, 4.69) is 17.2 Å². The Morgan fingerprint density at radius 2 is 2.29 bits per heavy atom. The summed E-state index contributed by atoms with van der Waals surface area (Å²) in [6.45, 7) is 3.39. The fourth-order valence-corrected chi connectivity index (χ4v) is 2.95. The van der Waals surface area contributed by atoms with Crippen LogP contribution in [0.3, 0.4) is 0 Å². The summed E-state index contributed by atoms with van der Waals surface area (Å²) in [6.07, 6.45) is 4.97. The lowest BCUT2D eigenvalue weighted by Crippen LogP contribution is -2.34. The van der Waals surface area contributed by atoms with E-state index < -0.39 is 0 Å². The summed E-state index contributed by atoms with van der Waals surface area (Å²) in [5, 5.41) is 5.56. The summed E-state index contributed by atoms with van der Waals surface area (Å²) in [7, 11) is 0. The molecule has 0 radical (unpaired) electrons. The molecule has 4 nitrogen and oxygen atoms in total. The molecule has 1 aliphatic carbocycles. The molecular formula is C12H19N3OS. The van der Waals surface area contributed by atoms with E-state index in [0.29, 0.717) is 12.2 Å². The molecule has 1 aromatic heterocycles. The molecule has 17 heavy (non-hydrogen) atoms. The SMILES string of the molecule is CC1(CNC(=O)c2csc(CN)n2)CCCC1. The van der Waals surface area contributed by atoms with E-state index in [0.717, 1.165) is 11.6 Å². The molecule has 0 unspecified atom stereocenters. The van der Waals surface area contributed by atoms with Crippen molar-refractivity contribution in [3.63, 3.8) is 0 Å². The van der Waals surface area contributed by atoms with Crippen LogP contribution in [0.4, 0.5) is 0 Å². The van der Waals surface area contributed by atoms with Crippen LogP contribution in [0.15, 0.2) is 5.38 Å². The third kappa shape index (κ3) is 3.04. The summed E-state index contributed by atoms with van der Waals surface area (Å²) >= 11 is 1.44. The van der Waals surface area contributed by atoms with Gasteiger partial charge in [0, 0.05) is 18.5 Å². The normalized spacial score (nSPS) is 18.2. The number of nitrogens with two attached hydrogens (primary N) is 1. The third-order valence-electron chi connectivity index (χ3n) is 3.45. The maximum Gasteiger partial charge on any atom is 0.270 e. The number of nitrogens with zero attached hydrogens (tertiary/aromatic N) is 1. The van der Waals surface area contributed by atoms with Gasteiger partial charge < -0.3 is 11.1 Å². The molecule has 1 saturated carbocycles. The quantitative estimate of drug-likeness (QED) is 0.861.